The van der Waals surface area contributed by atoms with Gasteiger partial charge in [0, 0.05) is 12.1 Å². The number of hydrogen-bond acceptors (Lipinski definition) is 6. The second kappa shape index (κ2) is 11.2. The fraction of sp³-hybridized carbons (Fsp3) is 0.458. The van der Waals surface area contributed by atoms with Crippen LogP contribution in [-0.2, 0) is 14.8 Å². The van der Waals surface area contributed by atoms with Crippen LogP contribution < -0.4 is 23.8 Å². The van der Waals surface area contributed by atoms with Gasteiger partial charge in [0.1, 0.15) is 23.8 Å². The first-order chi connectivity index (χ1) is 15.8. The molecule has 1 amide bonds. The Labute approximate surface area is 207 Å². The Morgan fingerprint density at radius 1 is 0.971 bits per heavy atom. The van der Waals surface area contributed by atoms with E-state index in [0.717, 1.165) is 33.0 Å². The van der Waals surface area contributed by atoms with E-state index in [1.54, 1.807) is 7.11 Å². The lowest BCUT2D eigenvalue weighted by molar-refractivity contribution is -0.120. The van der Waals surface area contributed by atoms with Crippen molar-refractivity contribution in [2.45, 2.75) is 39.7 Å². The average molecular weight is 513 g/mol. The summed E-state index contributed by atoms with van der Waals surface area (Å²) in [6.07, 6.45) is 1.02. The van der Waals surface area contributed by atoms with Crippen molar-refractivity contribution >= 4 is 33.2 Å². The molecule has 0 aliphatic heterocycles. The predicted octanol–water partition coefficient (Wildman–Crippen LogP) is 4.44. The van der Waals surface area contributed by atoms with Gasteiger partial charge in [-0.1, -0.05) is 25.4 Å². The molecule has 0 radical (unpaired) electrons. The van der Waals surface area contributed by atoms with Crippen molar-refractivity contribution in [2.24, 2.45) is 0 Å². The normalized spacial score (nSPS) is 12.3. The third kappa shape index (κ3) is 6.27. The van der Waals surface area contributed by atoms with E-state index in [-0.39, 0.29) is 34.2 Å². The maximum absolute atomic E-state index is 13.0. The van der Waals surface area contributed by atoms with Crippen LogP contribution in [0, 0.1) is 6.92 Å². The first-order valence-corrected chi connectivity index (χ1v) is 12.9. The van der Waals surface area contributed by atoms with E-state index in [1.807, 2.05) is 26.0 Å². The summed E-state index contributed by atoms with van der Waals surface area (Å²) in [5, 5.41) is 3.16. The third-order valence-corrected chi connectivity index (χ3v) is 6.92. The molecule has 188 valence electrons. The first kappa shape index (κ1) is 27.6. The fourth-order valence-corrected chi connectivity index (χ4v) is 4.81. The second-order valence-corrected chi connectivity index (χ2v) is 10.6. The summed E-state index contributed by atoms with van der Waals surface area (Å²) in [6, 6.07) is 6.48. The summed E-state index contributed by atoms with van der Waals surface area (Å²) in [5.74, 6) is 1.00. The van der Waals surface area contributed by atoms with E-state index in [0.29, 0.717) is 0 Å². The lowest BCUT2D eigenvalue weighted by Gasteiger charge is -2.26. The molecule has 8 nitrogen and oxygen atoms in total. The van der Waals surface area contributed by atoms with Gasteiger partial charge in [-0.3, -0.25) is 9.10 Å². The van der Waals surface area contributed by atoms with E-state index in [9.17, 15) is 13.2 Å². The van der Waals surface area contributed by atoms with Gasteiger partial charge in [-0.25, -0.2) is 8.42 Å². The molecule has 0 spiro atoms. The Kier molecular flexibility index (Phi) is 9.08. The van der Waals surface area contributed by atoms with Gasteiger partial charge in [-0.15, -0.1) is 0 Å². The monoisotopic (exact) mass is 512 g/mol. The van der Waals surface area contributed by atoms with E-state index >= 15 is 0 Å². The number of halogens is 1. The first-order valence-electron chi connectivity index (χ1n) is 10.7. The number of nitrogens with zero attached hydrogens (tertiary/aromatic N) is 1. The van der Waals surface area contributed by atoms with Gasteiger partial charge >= 0.3 is 0 Å². The third-order valence-electron chi connectivity index (χ3n) is 5.49. The van der Waals surface area contributed by atoms with Crippen molar-refractivity contribution < 1.29 is 27.4 Å². The van der Waals surface area contributed by atoms with Gasteiger partial charge in [0.05, 0.1) is 44.3 Å². The number of carbonyl (C=O) groups excluding carboxylic acids is 1. The smallest absolute Gasteiger partial charge is 0.241 e. The van der Waals surface area contributed by atoms with Crippen LogP contribution in [0.3, 0.4) is 0 Å². The van der Waals surface area contributed by atoms with Crippen molar-refractivity contribution in [2.75, 3.05) is 38.4 Å². The largest absolute Gasteiger partial charge is 0.496 e. The van der Waals surface area contributed by atoms with Crippen LogP contribution in [0.1, 0.15) is 49.4 Å². The van der Waals surface area contributed by atoms with Crippen LogP contribution in [0.5, 0.6) is 17.2 Å². The van der Waals surface area contributed by atoms with Crippen LogP contribution in [0.25, 0.3) is 0 Å². The maximum atomic E-state index is 13.0. The highest BCUT2D eigenvalue weighted by Gasteiger charge is 2.27. The molecule has 1 atom stereocenters. The number of ether oxygens (including phenoxy) is 3. The van der Waals surface area contributed by atoms with E-state index in [4.69, 9.17) is 25.8 Å². The Morgan fingerprint density at radius 3 is 2.06 bits per heavy atom. The number of anilines is 1. The standard InChI is InChI=1S/C24H33ClN2O6S/c1-14(2)17-10-18(15(3)9-21(17)31-5)16(4)26-24(28)13-27(34(8,29)30)20-12-22(32-6)19(25)11-23(20)33-7/h9-12,14,16H,13H2,1-8H3,(H,26,28)/t16-/m1/s1. The maximum Gasteiger partial charge on any atom is 0.241 e. The fourth-order valence-electron chi connectivity index (χ4n) is 3.73. The molecule has 0 saturated heterocycles. The van der Waals surface area contributed by atoms with Crippen molar-refractivity contribution in [3.05, 3.63) is 46.0 Å². The van der Waals surface area contributed by atoms with Crippen LogP contribution in [0.4, 0.5) is 5.69 Å². The van der Waals surface area contributed by atoms with Crippen LogP contribution in [0.2, 0.25) is 5.02 Å². The molecular formula is C24H33ClN2O6S. The Bertz CT molecular complexity index is 1150. The highest BCUT2D eigenvalue weighted by Crippen LogP contribution is 2.39. The summed E-state index contributed by atoms with van der Waals surface area (Å²) < 4.78 is 42.2. The number of aryl methyl sites for hydroxylation is 1. The molecule has 0 aliphatic rings. The molecule has 0 fully saturated rings. The van der Waals surface area contributed by atoms with Crippen molar-refractivity contribution in [1.29, 1.82) is 0 Å². The van der Waals surface area contributed by atoms with Gasteiger partial charge in [0.15, 0.2) is 0 Å². The molecule has 10 heteroatoms. The van der Waals surface area contributed by atoms with Crippen molar-refractivity contribution in [1.82, 2.24) is 5.32 Å². The SMILES string of the molecule is COc1cc(N(CC(=O)N[C@H](C)c2cc(C(C)C)c(OC)cc2C)S(C)(=O)=O)c(OC)cc1Cl. The van der Waals surface area contributed by atoms with Gasteiger partial charge in [0.2, 0.25) is 15.9 Å². The van der Waals surface area contributed by atoms with Crippen LogP contribution in [-0.4, -0.2) is 48.5 Å². The lowest BCUT2D eigenvalue weighted by Crippen LogP contribution is -2.41. The summed E-state index contributed by atoms with van der Waals surface area (Å²) >= 11 is 6.15. The minimum absolute atomic E-state index is 0.150. The van der Waals surface area contributed by atoms with Crippen molar-refractivity contribution in [3.63, 3.8) is 0 Å². The predicted molar refractivity (Wildman–Crippen MR) is 135 cm³/mol. The zero-order valence-electron chi connectivity index (χ0n) is 20.9. The number of sulfonamides is 1. The molecule has 2 aromatic carbocycles. The molecule has 0 aromatic heterocycles. The minimum atomic E-state index is -3.84. The zero-order valence-corrected chi connectivity index (χ0v) is 22.4. The molecular weight excluding hydrogens is 480 g/mol. The molecule has 0 unspecified atom stereocenters. The minimum Gasteiger partial charge on any atom is -0.496 e. The zero-order chi connectivity index (χ0) is 25.8. The number of rotatable bonds is 10. The lowest BCUT2D eigenvalue weighted by atomic mass is 9.93. The summed E-state index contributed by atoms with van der Waals surface area (Å²) in [4.78, 5) is 13.0. The van der Waals surface area contributed by atoms with Crippen molar-refractivity contribution in [3.8, 4) is 17.2 Å². The van der Waals surface area contributed by atoms with Gasteiger partial charge in [0.25, 0.3) is 0 Å². The molecule has 2 aromatic rings. The number of carbonyl (C=O) groups is 1. The van der Waals surface area contributed by atoms with E-state index < -0.39 is 22.5 Å². The Morgan fingerprint density at radius 2 is 1.56 bits per heavy atom. The molecule has 0 aliphatic carbocycles. The van der Waals surface area contributed by atoms with Crippen LogP contribution >= 0.6 is 11.6 Å². The molecule has 1 N–H and O–H groups in total. The number of amides is 1. The van der Waals surface area contributed by atoms with E-state index in [2.05, 4.69) is 19.2 Å². The van der Waals surface area contributed by atoms with E-state index in [1.165, 1.54) is 26.4 Å². The molecule has 0 heterocycles. The topological polar surface area (TPSA) is 94.2 Å². The Balaban J connectivity index is 2.37. The van der Waals surface area contributed by atoms with Gasteiger partial charge in [-0.2, -0.15) is 0 Å². The molecule has 0 saturated carbocycles. The number of hydrogen-bond donors (Lipinski definition) is 1. The number of nitrogens with one attached hydrogen (secondary N) is 1. The van der Waals surface area contributed by atoms with Gasteiger partial charge in [-0.05, 0) is 48.6 Å². The highest BCUT2D eigenvalue weighted by atomic mass is 35.5. The molecule has 2 rings (SSSR count). The highest BCUT2D eigenvalue weighted by molar-refractivity contribution is 7.92. The van der Waals surface area contributed by atoms with Crippen LogP contribution in [0.15, 0.2) is 24.3 Å². The number of benzene rings is 2. The van der Waals surface area contributed by atoms with Gasteiger partial charge < -0.3 is 19.5 Å². The summed E-state index contributed by atoms with van der Waals surface area (Å²) in [5.41, 5.74) is 3.06. The second-order valence-electron chi connectivity index (χ2n) is 8.32. The summed E-state index contributed by atoms with van der Waals surface area (Å²) in [7, 11) is 0.596. The quantitative estimate of drug-likeness (QED) is 0.505. The number of methoxy groups -OCH3 is 3. The molecule has 34 heavy (non-hydrogen) atoms. The Hall–Kier alpha value is -2.65. The average Bonchev–Trinajstić information content (AvgIpc) is 2.75. The molecule has 0 bridgehead atoms. The summed E-state index contributed by atoms with van der Waals surface area (Å²) in [6.45, 7) is 7.48.